The molecule has 0 aliphatic carbocycles. The van der Waals surface area contributed by atoms with Gasteiger partial charge in [0, 0.05) is 0 Å². The fraction of sp³-hybridized carbons (Fsp3) is 0.421. The Morgan fingerprint density at radius 2 is 1.62 bits per heavy atom. The van der Waals surface area contributed by atoms with Gasteiger partial charge in [0.15, 0.2) is 0 Å². The fourth-order valence-corrected chi connectivity index (χ4v) is 2.21. The maximum Gasteiger partial charge on any atom is 0.312 e. The number of hydrogen-bond donors (Lipinski definition) is 0. The van der Waals surface area contributed by atoms with Crippen LogP contribution in [0.3, 0.4) is 0 Å². The van der Waals surface area contributed by atoms with Crippen LogP contribution in [0.1, 0.15) is 46.6 Å². The van der Waals surface area contributed by atoms with Crippen LogP contribution in [-0.2, 0) is 15.1 Å². The molecule has 0 aromatic heterocycles. The third-order valence-electron chi connectivity index (χ3n) is 3.97. The smallest absolute Gasteiger partial charge is 0.312 e. The van der Waals surface area contributed by atoms with Crippen LogP contribution >= 0.6 is 0 Å². The Morgan fingerprint density at radius 3 is 2.19 bits per heavy atom. The molecule has 0 amide bonds. The van der Waals surface area contributed by atoms with E-state index in [0.29, 0.717) is 0 Å². The third kappa shape index (κ3) is 3.26. The van der Waals surface area contributed by atoms with E-state index >= 15 is 0 Å². The van der Waals surface area contributed by atoms with Crippen molar-refractivity contribution < 1.29 is 9.53 Å². The zero-order chi connectivity index (χ0) is 15.7. The van der Waals surface area contributed by atoms with Gasteiger partial charge >= 0.3 is 5.97 Å². The highest BCUT2D eigenvalue weighted by atomic mass is 16.6. The predicted molar refractivity (Wildman–Crippen MR) is 87.1 cm³/mol. The highest BCUT2D eigenvalue weighted by molar-refractivity contribution is 5.83. The Balaban J connectivity index is 2.40. The van der Waals surface area contributed by atoms with Crippen LogP contribution in [0.4, 0.5) is 0 Å². The summed E-state index contributed by atoms with van der Waals surface area (Å²) < 4.78 is 5.85. The molecule has 0 fully saturated rings. The van der Waals surface area contributed by atoms with E-state index in [1.807, 2.05) is 46.8 Å². The van der Waals surface area contributed by atoms with Gasteiger partial charge in [-0.3, -0.25) is 4.79 Å². The summed E-state index contributed by atoms with van der Waals surface area (Å²) in [7, 11) is 0. The van der Waals surface area contributed by atoms with Gasteiger partial charge in [0.25, 0.3) is 0 Å². The first kappa shape index (κ1) is 15.6. The van der Waals surface area contributed by atoms with E-state index in [1.165, 1.54) is 10.8 Å². The van der Waals surface area contributed by atoms with Crippen molar-refractivity contribution >= 4 is 16.7 Å². The SMILES string of the molecule is CC[C@](C)(OC(=O)C(C)(C)C)c1ccc2ccccc2c1. The van der Waals surface area contributed by atoms with Gasteiger partial charge in [-0.1, -0.05) is 43.3 Å². The number of carbonyl (C=O) groups is 1. The van der Waals surface area contributed by atoms with Crippen LogP contribution < -0.4 is 0 Å². The zero-order valence-electron chi connectivity index (χ0n) is 13.6. The van der Waals surface area contributed by atoms with E-state index in [-0.39, 0.29) is 5.97 Å². The fourth-order valence-electron chi connectivity index (χ4n) is 2.21. The van der Waals surface area contributed by atoms with E-state index in [4.69, 9.17) is 4.74 Å². The van der Waals surface area contributed by atoms with Crippen molar-refractivity contribution in [3.05, 3.63) is 48.0 Å². The van der Waals surface area contributed by atoms with E-state index in [2.05, 4.69) is 30.3 Å². The number of benzene rings is 2. The molecule has 0 bridgehead atoms. The summed E-state index contributed by atoms with van der Waals surface area (Å²) in [5.41, 5.74) is -0.0388. The van der Waals surface area contributed by atoms with Crippen molar-refractivity contribution in [1.82, 2.24) is 0 Å². The average Bonchev–Trinajstić information content (AvgIpc) is 2.45. The van der Waals surface area contributed by atoms with Crippen molar-refractivity contribution in [1.29, 1.82) is 0 Å². The van der Waals surface area contributed by atoms with Crippen molar-refractivity contribution in [2.24, 2.45) is 5.41 Å². The van der Waals surface area contributed by atoms with Gasteiger partial charge in [0.05, 0.1) is 5.41 Å². The van der Waals surface area contributed by atoms with Crippen LogP contribution in [0.15, 0.2) is 42.5 Å². The standard InChI is InChI=1S/C19H24O2/c1-6-19(5,21-17(20)18(2,3)4)16-12-11-14-9-7-8-10-15(14)13-16/h7-13H,6H2,1-5H3/t19-/m0/s1. The molecule has 2 rings (SSSR count). The van der Waals surface area contributed by atoms with Gasteiger partial charge in [-0.25, -0.2) is 0 Å². The first-order chi connectivity index (χ1) is 9.76. The summed E-state index contributed by atoms with van der Waals surface area (Å²) in [6, 6.07) is 14.5. The molecule has 0 radical (unpaired) electrons. The van der Waals surface area contributed by atoms with Crippen LogP contribution in [-0.4, -0.2) is 5.97 Å². The third-order valence-corrected chi connectivity index (χ3v) is 3.97. The van der Waals surface area contributed by atoms with Gasteiger partial charge < -0.3 is 4.74 Å². The molecule has 2 aromatic rings. The molecular formula is C19H24O2. The number of rotatable bonds is 3. The number of ether oxygens (including phenoxy) is 1. The van der Waals surface area contributed by atoms with E-state index < -0.39 is 11.0 Å². The Kier molecular flexibility index (Phi) is 4.08. The molecule has 2 aromatic carbocycles. The topological polar surface area (TPSA) is 26.3 Å². The second-order valence-corrected chi connectivity index (χ2v) is 6.79. The Bertz CT molecular complexity index is 652. The molecule has 0 N–H and O–H groups in total. The van der Waals surface area contributed by atoms with Gasteiger partial charge in [-0.05, 0) is 56.5 Å². The molecule has 0 aliphatic heterocycles. The average molecular weight is 284 g/mol. The minimum atomic E-state index is -0.589. The number of fused-ring (bicyclic) bond motifs is 1. The molecule has 2 nitrogen and oxygen atoms in total. The zero-order valence-corrected chi connectivity index (χ0v) is 13.6. The quantitative estimate of drug-likeness (QED) is 0.737. The molecule has 0 saturated heterocycles. The molecule has 0 saturated carbocycles. The molecule has 1 atom stereocenters. The molecular weight excluding hydrogens is 260 g/mol. The molecule has 21 heavy (non-hydrogen) atoms. The molecule has 2 heteroatoms. The maximum absolute atomic E-state index is 12.3. The van der Waals surface area contributed by atoms with Gasteiger partial charge in [-0.2, -0.15) is 0 Å². The van der Waals surface area contributed by atoms with Gasteiger partial charge in [-0.15, -0.1) is 0 Å². The molecule has 0 spiro atoms. The number of esters is 1. The van der Waals surface area contributed by atoms with Crippen LogP contribution in [0.5, 0.6) is 0 Å². The first-order valence-electron chi connectivity index (χ1n) is 7.49. The minimum Gasteiger partial charge on any atom is -0.454 e. The molecule has 112 valence electrons. The van der Waals surface area contributed by atoms with Crippen LogP contribution in [0.25, 0.3) is 10.8 Å². The van der Waals surface area contributed by atoms with Crippen molar-refractivity contribution in [3.63, 3.8) is 0 Å². The van der Waals surface area contributed by atoms with E-state index in [1.54, 1.807) is 0 Å². The Morgan fingerprint density at radius 1 is 1.00 bits per heavy atom. The highest BCUT2D eigenvalue weighted by Crippen LogP contribution is 2.33. The van der Waals surface area contributed by atoms with E-state index in [0.717, 1.165) is 12.0 Å². The lowest BCUT2D eigenvalue weighted by Crippen LogP contribution is -2.34. The van der Waals surface area contributed by atoms with Crippen LogP contribution in [0.2, 0.25) is 0 Å². The molecule has 0 heterocycles. The minimum absolute atomic E-state index is 0.167. The maximum atomic E-state index is 12.3. The lowest BCUT2D eigenvalue weighted by Gasteiger charge is -2.32. The Labute approximate surface area is 127 Å². The summed E-state index contributed by atoms with van der Waals surface area (Å²) in [5, 5.41) is 2.36. The van der Waals surface area contributed by atoms with Crippen LogP contribution in [0, 0.1) is 5.41 Å². The van der Waals surface area contributed by atoms with Gasteiger partial charge in [0.2, 0.25) is 0 Å². The van der Waals surface area contributed by atoms with E-state index in [9.17, 15) is 4.79 Å². The largest absolute Gasteiger partial charge is 0.454 e. The lowest BCUT2D eigenvalue weighted by atomic mass is 9.90. The van der Waals surface area contributed by atoms with Crippen molar-refractivity contribution in [2.75, 3.05) is 0 Å². The first-order valence-corrected chi connectivity index (χ1v) is 7.49. The predicted octanol–water partition coefficient (Wildman–Crippen LogP) is 5.05. The summed E-state index contributed by atoms with van der Waals surface area (Å²) in [6.45, 7) is 9.68. The highest BCUT2D eigenvalue weighted by Gasteiger charge is 2.34. The number of carbonyl (C=O) groups excluding carboxylic acids is 1. The summed E-state index contributed by atoms with van der Waals surface area (Å²) in [4.78, 5) is 12.3. The Hall–Kier alpha value is -1.83. The van der Waals surface area contributed by atoms with Crippen molar-refractivity contribution in [3.8, 4) is 0 Å². The normalized spacial score (nSPS) is 14.7. The lowest BCUT2D eigenvalue weighted by molar-refractivity contribution is -0.169. The monoisotopic (exact) mass is 284 g/mol. The summed E-state index contributed by atoms with van der Waals surface area (Å²) in [6.07, 6.45) is 0.743. The van der Waals surface area contributed by atoms with Gasteiger partial charge in [0.1, 0.15) is 5.60 Å². The molecule has 0 aliphatic rings. The summed E-state index contributed by atoms with van der Waals surface area (Å²) in [5.74, 6) is -0.167. The van der Waals surface area contributed by atoms with Crippen molar-refractivity contribution in [2.45, 2.75) is 46.6 Å². The summed E-state index contributed by atoms with van der Waals surface area (Å²) >= 11 is 0. The number of hydrogen-bond acceptors (Lipinski definition) is 2. The second kappa shape index (κ2) is 5.51. The second-order valence-electron chi connectivity index (χ2n) is 6.79. The molecule has 0 unspecified atom stereocenters.